The first-order chi connectivity index (χ1) is 8.52. The van der Waals surface area contributed by atoms with Crippen LogP contribution in [0.3, 0.4) is 0 Å². The SMILES string of the molecule is CCC/C=C1\[Se]C(C(C)(C)C)=Cc2ccccc21. The van der Waals surface area contributed by atoms with Crippen molar-refractivity contribution in [2.45, 2.75) is 40.5 Å². The molecule has 0 bridgehead atoms. The van der Waals surface area contributed by atoms with Gasteiger partial charge in [-0.1, -0.05) is 0 Å². The van der Waals surface area contributed by atoms with Crippen molar-refractivity contribution in [2.75, 3.05) is 0 Å². The molecule has 96 valence electrons. The third-order valence-electron chi connectivity index (χ3n) is 3.09. The summed E-state index contributed by atoms with van der Waals surface area (Å²) in [7, 11) is 0. The van der Waals surface area contributed by atoms with Crippen LogP contribution in [0.5, 0.6) is 0 Å². The number of unbranched alkanes of at least 4 members (excludes halogenated alkanes) is 1. The van der Waals surface area contributed by atoms with Gasteiger partial charge in [0.1, 0.15) is 0 Å². The van der Waals surface area contributed by atoms with Crippen LogP contribution in [0.4, 0.5) is 0 Å². The van der Waals surface area contributed by atoms with Crippen LogP contribution in [0.2, 0.25) is 0 Å². The fraction of sp³-hybridized carbons (Fsp3) is 0.412. The first-order valence-corrected chi connectivity index (χ1v) is 8.43. The summed E-state index contributed by atoms with van der Waals surface area (Å²) in [5.74, 6) is 0. The van der Waals surface area contributed by atoms with Gasteiger partial charge in [0.2, 0.25) is 0 Å². The Hall–Kier alpha value is -0.781. The second kappa shape index (κ2) is 5.46. The molecule has 1 heteroatoms. The zero-order chi connectivity index (χ0) is 13.2. The van der Waals surface area contributed by atoms with Crippen LogP contribution in [0.25, 0.3) is 10.5 Å². The van der Waals surface area contributed by atoms with E-state index in [2.05, 4.69) is 64.1 Å². The summed E-state index contributed by atoms with van der Waals surface area (Å²) >= 11 is 0.488. The molecule has 0 aromatic heterocycles. The van der Waals surface area contributed by atoms with Gasteiger partial charge in [-0.2, -0.15) is 0 Å². The van der Waals surface area contributed by atoms with Crippen LogP contribution < -0.4 is 0 Å². The summed E-state index contributed by atoms with van der Waals surface area (Å²) in [5.41, 5.74) is 3.15. The van der Waals surface area contributed by atoms with Gasteiger partial charge in [0.05, 0.1) is 0 Å². The first kappa shape index (κ1) is 13.6. The molecule has 0 saturated heterocycles. The van der Waals surface area contributed by atoms with Crippen molar-refractivity contribution in [3.05, 3.63) is 45.9 Å². The van der Waals surface area contributed by atoms with Crippen molar-refractivity contribution in [1.82, 2.24) is 0 Å². The van der Waals surface area contributed by atoms with Gasteiger partial charge < -0.3 is 0 Å². The Morgan fingerprint density at radius 3 is 2.56 bits per heavy atom. The van der Waals surface area contributed by atoms with Crippen molar-refractivity contribution >= 4 is 25.5 Å². The summed E-state index contributed by atoms with van der Waals surface area (Å²) < 4.78 is 3.18. The van der Waals surface area contributed by atoms with Crippen LogP contribution in [0, 0.1) is 5.41 Å². The minimum absolute atomic E-state index is 0.291. The summed E-state index contributed by atoms with van der Waals surface area (Å²) in [5, 5.41) is 0. The molecule has 0 nitrogen and oxygen atoms in total. The van der Waals surface area contributed by atoms with Crippen molar-refractivity contribution in [2.24, 2.45) is 5.41 Å². The Kier molecular flexibility index (Phi) is 4.14. The molecule has 0 aliphatic carbocycles. The molecular weight excluding hydrogens is 283 g/mol. The van der Waals surface area contributed by atoms with Gasteiger partial charge in [0, 0.05) is 0 Å². The van der Waals surface area contributed by atoms with E-state index in [1.807, 2.05) is 0 Å². The molecular formula is C17H22Se. The molecule has 1 aromatic rings. The van der Waals surface area contributed by atoms with Gasteiger partial charge in [-0.3, -0.25) is 0 Å². The number of rotatable bonds is 2. The van der Waals surface area contributed by atoms with E-state index in [0.29, 0.717) is 20.4 Å². The zero-order valence-corrected chi connectivity index (χ0v) is 13.5. The molecule has 1 aliphatic rings. The molecule has 0 unspecified atom stereocenters. The third-order valence-corrected chi connectivity index (χ3v) is 6.36. The van der Waals surface area contributed by atoms with Crippen molar-refractivity contribution in [3.8, 4) is 0 Å². The second-order valence-corrected chi connectivity index (χ2v) is 8.08. The molecule has 0 fully saturated rings. The molecule has 0 amide bonds. The van der Waals surface area contributed by atoms with Crippen molar-refractivity contribution in [3.63, 3.8) is 0 Å². The number of fused-ring (bicyclic) bond motifs is 1. The Labute approximate surface area is 117 Å². The molecule has 0 radical (unpaired) electrons. The normalized spacial score (nSPS) is 17.6. The Bertz CT molecular complexity index is 487. The summed E-state index contributed by atoms with van der Waals surface area (Å²) in [6.45, 7) is 9.23. The Balaban J connectivity index is 2.46. The topological polar surface area (TPSA) is 0 Å². The molecule has 18 heavy (non-hydrogen) atoms. The van der Waals surface area contributed by atoms with Crippen LogP contribution in [-0.4, -0.2) is 15.0 Å². The molecule has 0 saturated carbocycles. The van der Waals surface area contributed by atoms with E-state index in [-0.39, 0.29) is 0 Å². The quantitative estimate of drug-likeness (QED) is 0.679. The molecule has 0 spiro atoms. The number of hydrogen-bond acceptors (Lipinski definition) is 0. The molecule has 1 heterocycles. The van der Waals surface area contributed by atoms with E-state index in [9.17, 15) is 0 Å². The van der Waals surface area contributed by atoms with Gasteiger partial charge in [-0.05, 0) is 0 Å². The van der Waals surface area contributed by atoms with Crippen molar-refractivity contribution in [1.29, 1.82) is 0 Å². The fourth-order valence-corrected chi connectivity index (χ4v) is 4.56. The maximum atomic E-state index is 2.46. The minimum atomic E-state index is 0.291. The molecule has 1 aromatic carbocycles. The third kappa shape index (κ3) is 2.96. The van der Waals surface area contributed by atoms with Crippen LogP contribution in [0.1, 0.15) is 51.7 Å². The zero-order valence-electron chi connectivity index (χ0n) is 11.8. The van der Waals surface area contributed by atoms with E-state index < -0.39 is 0 Å². The summed E-state index contributed by atoms with van der Waals surface area (Å²) in [4.78, 5) is 0. The summed E-state index contributed by atoms with van der Waals surface area (Å²) in [6.07, 6.45) is 7.30. The van der Waals surface area contributed by atoms with E-state index in [1.54, 1.807) is 8.94 Å². The standard InChI is InChI=1S/C17H22Se/c1-5-6-11-15-14-10-8-7-9-13(14)12-16(18-15)17(2,3)4/h7-12H,5-6H2,1-4H3/b15-11-. The van der Waals surface area contributed by atoms with E-state index in [0.717, 1.165) is 0 Å². The monoisotopic (exact) mass is 306 g/mol. The summed E-state index contributed by atoms with van der Waals surface area (Å²) in [6, 6.07) is 8.82. The van der Waals surface area contributed by atoms with E-state index in [1.165, 1.54) is 24.0 Å². The number of hydrogen-bond donors (Lipinski definition) is 0. The average molecular weight is 305 g/mol. The van der Waals surface area contributed by atoms with Gasteiger partial charge >= 0.3 is 117 Å². The fourth-order valence-electron chi connectivity index (χ4n) is 1.99. The average Bonchev–Trinajstić information content (AvgIpc) is 2.34. The molecule has 0 atom stereocenters. The van der Waals surface area contributed by atoms with Crippen LogP contribution in [0.15, 0.2) is 34.8 Å². The van der Waals surface area contributed by atoms with E-state index >= 15 is 0 Å². The maximum absolute atomic E-state index is 2.46. The van der Waals surface area contributed by atoms with Gasteiger partial charge in [-0.25, -0.2) is 0 Å². The van der Waals surface area contributed by atoms with Gasteiger partial charge in [0.25, 0.3) is 0 Å². The first-order valence-electron chi connectivity index (χ1n) is 6.72. The second-order valence-electron chi connectivity index (χ2n) is 5.80. The van der Waals surface area contributed by atoms with Crippen LogP contribution >= 0.6 is 0 Å². The van der Waals surface area contributed by atoms with Gasteiger partial charge in [-0.15, -0.1) is 0 Å². The van der Waals surface area contributed by atoms with Gasteiger partial charge in [0.15, 0.2) is 0 Å². The Morgan fingerprint density at radius 2 is 1.89 bits per heavy atom. The van der Waals surface area contributed by atoms with E-state index in [4.69, 9.17) is 0 Å². The predicted octanol–water partition coefficient (Wildman–Crippen LogP) is 4.93. The van der Waals surface area contributed by atoms with Crippen LogP contribution in [-0.2, 0) is 0 Å². The van der Waals surface area contributed by atoms with Crippen molar-refractivity contribution < 1.29 is 0 Å². The molecule has 0 N–H and O–H groups in total. The molecule has 1 aliphatic heterocycles. The molecule has 2 rings (SSSR count). The predicted molar refractivity (Wildman–Crippen MR) is 82.5 cm³/mol. The Morgan fingerprint density at radius 1 is 1.17 bits per heavy atom. The number of benzene rings is 1. The number of allylic oxidation sites excluding steroid dienone is 2.